The predicted octanol–water partition coefficient (Wildman–Crippen LogP) is 4.84. The lowest BCUT2D eigenvalue weighted by Gasteiger charge is -2.07. The van der Waals surface area contributed by atoms with Crippen LogP contribution in [0, 0.1) is 0 Å². The van der Waals surface area contributed by atoms with Crippen LogP contribution >= 0.6 is 46.4 Å². The summed E-state index contributed by atoms with van der Waals surface area (Å²) in [5.74, 6) is 0.819. The van der Waals surface area contributed by atoms with E-state index in [1.165, 1.54) is 0 Å². The zero-order valence-corrected chi connectivity index (χ0v) is 11.4. The maximum atomic E-state index is 6.09. The normalized spacial score (nSPS) is 10.6. The summed E-state index contributed by atoms with van der Waals surface area (Å²) in [5, 5.41) is 1.41. The van der Waals surface area contributed by atoms with Gasteiger partial charge in [-0.2, -0.15) is 0 Å². The molecule has 0 atom stereocenters. The average Bonchev–Trinajstić information content (AvgIpc) is 2.28. The number of benzene rings is 1. The minimum absolute atomic E-state index is 0.266. The number of rotatable bonds is 2. The Morgan fingerprint density at radius 2 is 1.47 bits per heavy atom. The molecule has 1 heterocycles. The summed E-state index contributed by atoms with van der Waals surface area (Å²) in [6.45, 7) is 0. The molecule has 0 saturated carbocycles. The van der Waals surface area contributed by atoms with Crippen molar-refractivity contribution in [1.29, 1.82) is 0 Å². The average molecular weight is 308 g/mol. The molecule has 2 rings (SSSR count). The van der Waals surface area contributed by atoms with Gasteiger partial charge < -0.3 is 0 Å². The molecule has 0 bridgehead atoms. The monoisotopic (exact) mass is 306 g/mol. The van der Waals surface area contributed by atoms with Crippen molar-refractivity contribution in [2.24, 2.45) is 0 Å². The third kappa shape index (κ3) is 2.83. The summed E-state index contributed by atoms with van der Waals surface area (Å²) in [5.41, 5.74) is 1.39. The first-order valence-corrected chi connectivity index (χ1v) is 6.30. The van der Waals surface area contributed by atoms with E-state index in [4.69, 9.17) is 46.4 Å². The molecule has 0 aliphatic heterocycles. The molecule has 0 aliphatic carbocycles. The van der Waals surface area contributed by atoms with E-state index in [0.29, 0.717) is 26.5 Å². The van der Waals surface area contributed by atoms with Gasteiger partial charge in [0.1, 0.15) is 5.82 Å². The standard InChI is InChI=1S/C11H6Cl4N2/c12-3-10-16-4-6(5-17-10)11-8(14)1-7(13)2-9(11)15/h1-2,4-5H,3H2. The number of hydrogen-bond acceptors (Lipinski definition) is 2. The lowest BCUT2D eigenvalue weighted by atomic mass is 10.1. The first kappa shape index (κ1) is 12.9. The lowest BCUT2D eigenvalue weighted by Crippen LogP contribution is -1.92. The second kappa shape index (κ2) is 5.40. The second-order valence-electron chi connectivity index (χ2n) is 3.27. The summed E-state index contributed by atoms with van der Waals surface area (Å²) < 4.78 is 0. The second-order valence-corrected chi connectivity index (χ2v) is 4.78. The number of alkyl halides is 1. The van der Waals surface area contributed by atoms with Crippen molar-refractivity contribution in [3.63, 3.8) is 0 Å². The van der Waals surface area contributed by atoms with Crippen molar-refractivity contribution in [2.45, 2.75) is 5.88 Å². The van der Waals surface area contributed by atoms with E-state index in [2.05, 4.69) is 9.97 Å². The van der Waals surface area contributed by atoms with Gasteiger partial charge in [-0.1, -0.05) is 34.8 Å². The zero-order chi connectivity index (χ0) is 12.4. The van der Waals surface area contributed by atoms with Gasteiger partial charge in [0.15, 0.2) is 0 Å². The summed E-state index contributed by atoms with van der Waals surface area (Å²) in [4.78, 5) is 8.17. The molecule has 88 valence electrons. The molecule has 1 aromatic heterocycles. The molecule has 0 N–H and O–H groups in total. The highest BCUT2D eigenvalue weighted by molar-refractivity contribution is 6.41. The van der Waals surface area contributed by atoms with Crippen molar-refractivity contribution in [3.05, 3.63) is 45.4 Å². The van der Waals surface area contributed by atoms with Gasteiger partial charge in [0, 0.05) is 28.5 Å². The van der Waals surface area contributed by atoms with Crippen LogP contribution in [0.2, 0.25) is 15.1 Å². The first-order valence-electron chi connectivity index (χ1n) is 4.63. The third-order valence-electron chi connectivity index (χ3n) is 2.12. The topological polar surface area (TPSA) is 25.8 Å². The van der Waals surface area contributed by atoms with E-state index >= 15 is 0 Å². The van der Waals surface area contributed by atoms with Gasteiger partial charge in [0.25, 0.3) is 0 Å². The van der Waals surface area contributed by atoms with Crippen LogP contribution in [0.3, 0.4) is 0 Å². The van der Waals surface area contributed by atoms with Crippen molar-refractivity contribution in [1.82, 2.24) is 9.97 Å². The van der Waals surface area contributed by atoms with Crippen LogP contribution in [-0.2, 0) is 5.88 Å². The zero-order valence-electron chi connectivity index (χ0n) is 8.42. The Morgan fingerprint density at radius 3 is 1.94 bits per heavy atom. The SMILES string of the molecule is ClCc1ncc(-c2c(Cl)cc(Cl)cc2Cl)cn1. The van der Waals surface area contributed by atoms with Crippen molar-refractivity contribution >= 4 is 46.4 Å². The minimum Gasteiger partial charge on any atom is -0.239 e. The molecule has 2 aromatic rings. The molecule has 1 aromatic carbocycles. The lowest BCUT2D eigenvalue weighted by molar-refractivity contribution is 1.03. The van der Waals surface area contributed by atoms with Crippen LogP contribution in [0.5, 0.6) is 0 Å². The Bertz CT molecular complexity index is 517. The summed E-state index contributed by atoms with van der Waals surface area (Å²) in [6.07, 6.45) is 3.26. The van der Waals surface area contributed by atoms with Gasteiger partial charge in [0.05, 0.1) is 15.9 Å². The van der Waals surface area contributed by atoms with Crippen LogP contribution in [0.25, 0.3) is 11.1 Å². The molecule has 0 saturated heterocycles. The predicted molar refractivity (Wildman–Crippen MR) is 72.1 cm³/mol. The molecule has 0 aliphatic rings. The van der Waals surface area contributed by atoms with Crippen molar-refractivity contribution < 1.29 is 0 Å². The molecule has 0 amide bonds. The fraction of sp³-hybridized carbons (Fsp3) is 0.0909. The summed E-state index contributed by atoms with van der Waals surface area (Å²) >= 11 is 23.6. The molecule has 0 spiro atoms. The molecular formula is C11H6Cl4N2. The van der Waals surface area contributed by atoms with Crippen LogP contribution in [-0.4, -0.2) is 9.97 Å². The van der Waals surface area contributed by atoms with E-state index in [-0.39, 0.29) is 5.88 Å². The molecule has 0 radical (unpaired) electrons. The van der Waals surface area contributed by atoms with Crippen LogP contribution in [0.15, 0.2) is 24.5 Å². The molecule has 17 heavy (non-hydrogen) atoms. The maximum absolute atomic E-state index is 6.09. The quantitative estimate of drug-likeness (QED) is 0.742. The van der Waals surface area contributed by atoms with E-state index < -0.39 is 0 Å². The van der Waals surface area contributed by atoms with Gasteiger partial charge in [-0.15, -0.1) is 11.6 Å². The van der Waals surface area contributed by atoms with Crippen LogP contribution < -0.4 is 0 Å². The number of hydrogen-bond donors (Lipinski definition) is 0. The van der Waals surface area contributed by atoms with E-state index in [1.54, 1.807) is 24.5 Å². The Labute approximate surface area is 119 Å². The Balaban J connectivity index is 2.52. The first-order chi connectivity index (χ1) is 8.11. The highest BCUT2D eigenvalue weighted by Gasteiger charge is 2.11. The summed E-state index contributed by atoms with van der Waals surface area (Å²) in [6, 6.07) is 3.25. The van der Waals surface area contributed by atoms with Crippen molar-refractivity contribution in [2.75, 3.05) is 0 Å². The van der Waals surface area contributed by atoms with Gasteiger partial charge in [0.2, 0.25) is 0 Å². The molecule has 2 nitrogen and oxygen atoms in total. The Kier molecular flexibility index (Phi) is 4.10. The number of aromatic nitrogens is 2. The van der Waals surface area contributed by atoms with Gasteiger partial charge >= 0.3 is 0 Å². The highest BCUT2D eigenvalue weighted by atomic mass is 35.5. The van der Waals surface area contributed by atoms with Gasteiger partial charge in [-0.25, -0.2) is 9.97 Å². The van der Waals surface area contributed by atoms with Crippen molar-refractivity contribution in [3.8, 4) is 11.1 Å². The van der Waals surface area contributed by atoms with Gasteiger partial charge in [-0.3, -0.25) is 0 Å². The van der Waals surface area contributed by atoms with Crippen LogP contribution in [0.4, 0.5) is 0 Å². The smallest absolute Gasteiger partial charge is 0.142 e. The van der Waals surface area contributed by atoms with Gasteiger partial charge in [-0.05, 0) is 12.1 Å². The third-order valence-corrected chi connectivity index (χ3v) is 3.17. The molecule has 0 unspecified atom stereocenters. The highest BCUT2D eigenvalue weighted by Crippen LogP contribution is 2.36. The van der Waals surface area contributed by atoms with E-state index in [0.717, 1.165) is 5.56 Å². The number of halogens is 4. The maximum Gasteiger partial charge on any atom is 0.142 e. The van der Waals surface area contributed by atoms with Crippen LogP contribution in [0.1, 0.15) is 5.82 Å². The van der Waals surface area contributed by atoms with E-state index in [9.17, 15) is 0 Å². The molecule has 0 fully saturated rings. The largest absolute Gasteiger partial charge is 0.239 e. The molecular weight excluding hydrogens is 302 g/mol. The fourth-order valence-electron chi connectivity index (χ4n) is 1.37. The number of nitrogens with zero attached hydrogens (tertiary/aromatic N) is 2. The molecule has 6 heteroatoms. The summed E-state index contributed by atoms with van der Waals surface area (Å²) in [7, 11) is 0. The Morgan fingerprint density at radius 1 is 0.941 bits per heavy atom. The minimum atomic E-state index is 0.266. The van der Waals surface area contributed by atoms with E-state index in [1.807, 2.05) is 0 Å². The fourth-order valence-corrected chi connectivity index (χ4v) is 2.54. The Hall–Kier alpha value is -0.540.